The van der Waals surface area contributed by atoms with Crippen molar-refractivity contribution in [1.29, 1.82) is 0 Å². The summed E-state index contributed by atoms with van der Waals surface area (Å²) in [7, 11) is 4.00. The maximum Gasteiger partial charge on any atom is 0.168 e. The molecule has 0 N–H and O–H groups in total. The van der Waals surface area contributed by atoms with Crippen molar-refractivity contribution in [2.24, 2.45) is 14.1 Å². The number of hydrogen-bond donors (Lipinski definition) is 0. The van der Waals surface area contributed by atoms with Gasteiger partial charge in [-0.2, -0.15) is 0 Å². The van der Waals surface area contributed by atoms with Crippen LogP contribution in [-0.2, 0) is 14.1 Å². The van der Waals surface area contributed by atoms with Crippen LogP contribution in [0.15, 0.2) is 85.5 Å². The number of rotatable bonds is 2. The Bertz CT molecular complexity index is 751. The lowest BCUT2D eigenvalue weighted by Crippen LogP contribution is -2.29. The van der Waals surface area contributed by atoms with Crippen molar-refractivity contribution in [3.8, 4) is 0 Å². The number of carboxylic acids is 2. The Morgan fingerprint density at radius 2 is 0.923 bits per heavy atom. The van der Waals surface area contributed by atoms with Gasteiger partial charge in [0.15, 0.2) is 24.8 Å². The van der Waals surface area contributed by atoms with Gasteiger partial charge in [0.25, 0.3) is 0 Å². The highest BCUT2D eigenvalue weighted by Gasteiger charge is 2.01. The summed E-state index contributed by atoms with van der Waals surface area (Å²) in [5.41, 5.74) is -0.727. The van der Waals surface area contributed by atoms with Gasteiger partial charge < -0.3 is 19.8 Å². The number of carbonyl (C=O) groups excluding carboxylic acids is 2. The molecule has 0 aliphatic heterocycles. The smallest absolute Gasteiger partial charge is 0.168 e. The maximum atomic E-state index is 10.3. The minimum absolute atomic E-state index is 0.363. The van der Waals surface area contributed by atoms with Crippen LogP contribution in [0.5, 0.6) is 0 Å². The van der Waals surface area contributed by atoms with Crippen LogP contribution >= 0.6 is 0 Å². The predicted octanol–water partition coefficient (Wildman–Crippen LogP) is -0.564. The normalized spacial score (nSPS) is 9.00. The number of aromatic nitrogens is 2. The zero-order valence-electron chi connectivity index (χ0n) is 14.6. The molecule has 26 heavy (non-hydrogen) atoms. The maximum absolute atomic E-state index is 10.3. The van der Waals surface area contributed by atoms with Gasteiger partial charge in [-0.25, -0.2) is 9.13 Å². The van der Waals surface area contributed by atoms with Crippen molar-refractivity contribution in [3.05, 3.63) is 96.6 Å². The summed E-state index contributed by atoms with van der Waals surface area (Å²) in [5.74, 6) is -3.04. The molecule has 0 spiro atoms. The third-order valence-corrected chi connectivity index (χ3v) is 3.10. The number of pyridine rings is 2. The number of carbonyl (C=O) groups is 2. The van der Waals surface area contributed by atoms with Crippen LogP contribution < -0.4 is 19.3 Å². The summed E-state index contributed by atoms with van der Waals surface area (Å²) in [6.45, 7) is 0. The van der Waals surface area contributed by atoms with E-state index in [4.69, 9.17) is 0 Å². The number of nitrogens with zero attached hydrogens (tertiary/aromatic N) is 2. The number of carboxylic acid groups (broad SMARTS) is 2. The standard InChI is InChI=1S/C8H6O4.2C6H8N/c9-7(10)5-3-1-2-4-6(5)8(11)12;2*1-7-5-3-2-4-6-7/h1-4H,(H,9,10)(H,11,12);2*2-6H,1H3/q;2*+1/p-2. The van der Waals surface area contributed by atoms with E-state index in [0.717, 1.165) is 12.1 Å². The Labute approximate surface area is 152 Å². The van der Waals surface area contributed by atoms with E-state index in [9.17, 15) is 19.8 Å². The van der Waals surface area contributed by atoms with E-state index in [1.807, 2.05) is 84.4 Å². The topological polar surface area (TPSA) is 88.0 Å². The molecule has 6 heteroatoms. The van der Waals surface area contributed by atoms with Crippen LogP contribution in [0.2, 0.25) is 0 Å². The average molecular weight is 352 g/mol. The van der Waals surface area contributed by atoms with Gasteiger partial charge in [-0.1, -0.05) is 36.4 Å². The van der Waals surface area contributed by atoms with E-state index in [-0.39, 0.29) is 11.1 Å². The van der Waals surface area contributed by atoms with Crippen LogP contribution in [0.25, 0.3) is 0 Å². The highest BCUT2D eigenvalue weighted by Crippen LogP contribution is 2.05. The fraction of sp³-hybridized carbons (Fsp3) is 0.100. The van der Waals surface area contributed by atoms with Crippen molar-refractivity contribution in [2.45, 2.75) is 0 Å². The van der Waals surface area contributed by atoms with Gasteiger partial charge >= 0.3 is 0 Å². The highest BCUT2D eigenvalue weighted by molar-refractivity contribution is 5.99. The molecule has 2 heterocycles. The molecule has 0 amide bonds. The zero-order chi connectivity index (χ0) is 19.4. The third kappa shape index (κ3) is 7.83. The second kappa shape index (κ2) is 11.1. The van der Waals surface area contributed by atoms with Crippen molar-refractivity contribution >= 4 is 11.9 Å². The molecular formula is C20H20N2O4. The Balaban J connectivity index is 0.000000207. The summed E-state index contributed by atoms with van der Waals surface area (Å²) in [5, 5.41) is 20.6. The van der Waals surface area contributed by atoms with E-state index in [1.165, 1.54) is 12.1 Å². The number of aryl methyl sites for hydroxylation is 2. The van der Waals surface area contributed by atoms with Crippen LogP contribution in [0.4, 0.5) is 0 Å². The lowest BCUT2D eigenvalue weighted by Gasteiger charge is -2.09. The van der Waals surface area contributed by atoms with Gasteiger partial charge in [0.05, 0.1) is 11.9 Å². The van der Waals surface area contributed by atoms with E-state index < -0.39 is 11.9 Å². The minimum Gasteiger partial charge on any atom is -0.545 e. The molecular weight excluding hydrogens is 332 g/mol. The Hall–Kier alpha value is -3.54. The third-order valence-electron chi connectivity index (χ3n) is 3.10. The second-order valence-electron chi connectivity index (χ2n) is 5.20. The summed E-state index contributed by atoms with van der Waals surface area (Å²) < 4.78 is 4.00. The van der Waals surface area contributed by atoms with Crippen LogP contribution in [-0.4, -0.2) is 11.9 Å². The molecule has 0 unspecified atom stereocenters. The molecule has 0 saturated heterocycles. The fourth-order valence-electron chi connectivity index (χ4n) is 1.81. The largest absolute Gasteiger partial charge is 0.545 e. The van der Waals surface area contributed by atoms with Gasteiger partial charge in [-0.15, -0.1) is 0 Å². The Kier molecular flexibility index (Phi) is 8.75. The molecule has 134 valence electrons. The van der Waals surface area contributed by atoms with Crippen molar-refractivity contribution in [3.63, 3.8) is 0 Å². The van der Waals surface area contributed by atoms with E-state index in [2.05, 4.69) is 0 Å². The van der Waals surface area contributed by atoms with Crippen LogP contribution in [0, 0.1) is 0 Å². The quantitative estimate of drug-likeness (QED) is 0.578. The molecule has 6 nitrogen and oxygen atoms in total. The van der Waals surface area contributed by atoms with Crippen molar-refractivity contribution in [2.75, 3.05) is 0 Å². The zero-order valence-corrected chi connectivity index (χ0v) is 14.6. The first kappa shape index (κ1) is 20.5. The summed E-state index contributed by atoms with van der Waals surface area (Å²) >= 11 is 0. The number of hydrogen-bond acceptors (Lipinski definition) is 4. The lowest BCUT2D eigenvalue weighted by molar-refractivity contribution is -0.671. The fourth-order valence-corrected chi connectivity index (χ4v) is 1.81. The molecule has 0 fully saturated rings. The molecule has 0 atom stereocenters. The van der Waals surface area contributed by atoms with Crippen molar-refractivity contribution in [1.82, 2.24) is 0 Å². The lowest BCUT2D eigenvalue weighted by atomic mass is 10.1. The molecule has 3 aromatic rings. The monoisotopic (exact) mass is 352 g/mol. The SMILES string of the molecule is C[n+]1ccccc1.C[n+]1ccccc1.O=C([O-])c1ccccc1C(=O)[O-]. The summed E-state index contributed by atoms with van der Waals surface area (Å²) in [6, 6.07) is 17.1. The first-order chi connectivity index (χ1) is 12.4. The van der Waals surface area contributed by atoms with E-state index in [0.29, 0.717) is 0 Å². The van der Waals surface area contributed by atoms with Gasteiger partial charge in [0.1, 0.15) is 14.1 Å². The van der Waals surface area contributed by atoms with Gasteiger partial charge in [-0.3, -0.25) is 0 Å². The molecule has 1 aromatic carbocycles. The molecule has 0 bridgehead atoms. The molecule has 0 radical (unpaired) electrons. The first-order valence-electron chi connectivity index (χ1n) is 7.74. The second-order valence-corrected chi connectivity index (χ2v) is 5.20. The molecule has 2 aromatic heterocycles. The minimum atomic E-state index is -1.52. The highest BCUT2D eigenvalue weighted by atomic mass is 16.4. The summed E-state index contributed by atoms with van der Waals surface area (Å²) in [6.07, 6.45) is 8.00. The Morgan fingerprint density at radius 3 is 1.12 bits per heavy atom. The molecule has 0 aliphatic carbocycles. The first-order valence-corrected chi connectivity index (χ1v) is 7.74. The van der Waals surface area contributed by atoms with Crippen LogP contribution in [0.1, 0.15) is 20.7 Å². The van der Waals surface area contributed by atoms with E-state index >= 15 is 0 Å². The van der Waals surface area contributed by atoms with Crippen LogP contribution in [0.3, 0.4) is 0 Å². The number of aromatic carboxylic acids is 2. The van der Waals surface area contributed by atoms with Gasteiger partial charge in [0, 0.05) is 35.4 Å². The average Bonchev–Trinajstić information content (AvgIpc) is 2.64. The molecule has 0 saturated carbocycles. The molecule has 3 rings (SSSR count). The predicted molar refractivity (Wildman–Crippen MR) is 90.3 cm³/mol. The van der Waals surface area contributed by atoms with Gasteiger partial charge in [0.2, 0.25) is 0 Å². The van der Waals surface area contributed by atoms with Gasteiger partial charge in [-0.05, 0) is 0 Å². The summed E-state index contributed by atoms with van der Waals surface area (Å²) in [4.78, 5) is 20.6. The molecule has 0 aliphatic rings. The Morgan fingerprint density at radius 1 is 0.615 bits per heavy atom. The number of benzene rings is 1. The van der Waals surface area contributed by atoms with Crippen molar-refractivity contribution < 1.29 is 28.9 Å². The van der Waals surface area contributed by atoms with E-state index in [1.54, 1.807) is 0 Å².